The largest absolute Gasteiger partial charge is 0.342 e. The number of amides is 2. The maximum atomic E-state index is 12.5. The molecule has 154 valence electrons. The second-order valence-corrected chi connectivity index (χ2v) is 9.15. The Bertz CT molecular complexity index is 1220. The third-order valence-electron chi connectivity index (χ3n) is 4.45. The van der Waals surface area contributed by atoms with E-state index in [2.05, 4.69) is 20.7 Å². The van der Waals surface area contributed by atoms with Gasteiger partial charge in [-0.15, -0.1) is 0 Å². The van der Waals surface area contributed by atoms with Crippen LogP contribution in [0.3, 0.4) is 0 Å². The number of nitrogens with zero attached hydrogens (tertiary/aromatic N) is 3. The summed E-state index contributed by atoms with van der Waals surface area (Å²) in [5, 5.41) is 9.84. The zero-order valence-electron chi connectivity index (χ0n) is 15.5. The summed E-state index contributed by atoms with van der Waals surface area (Å²) in [5.74, 6) is -2.16. The van der Waals surface area contributed by atoms with Crippen LogP contribution in [0.1, 0.15) is 17.0 Å². The van der Waals surface area contributed by atoms with Gasteiger partial charge in [0.05, 0.1) is 35.1 Å². The average molecular weight is 446 g/mol. The van der Waals surface area contributed by atoms with Crippen LogP contribution in [0.5, 0.6) is 0 Å². The summed E-state index contributed by atoms with van der Waals surface area (Å²) >= 11 is 5.93. The molecular weight excluding hydrogens is 430 g/mol. The van der Waals surface area contributed by atoms with E-state index < -0.39 is 21.7 Å². The molecule has 2 N–H and O–H groups in total. The van der Waals surface area contributed by atoms with E-state index in [4.69, 9.17) is 11.6 Å². The van der Waals surface area contributed by atoms with Gasteiger partial charge in [-0.3, -0.25) is 14.6 Å². The van der Waals surface area contributed by atoms with Crippen LogP contribution in [0.15, 0.2) is 48.7 Å². The van der Waals surface area contributed by atoms with Crippen LogP contribution in [-0.2, 0) is 37.5 Å². The van der Waals surface area contributed by atoms with Crippen LogP contribution in [0, 0.1) is 0 Å². The molecule has 0 saturated carbocycles. The summed E-state index contributed by atoms with van der Waals surface area (Å²) < 4.78 is 25.4. The fraction of sp³-hybridized carbons (Fsp3) is 0.158. The summed E-state index contributed by atoms with van der Waals surface area (Å²) in [7, 11) is -3.35. The van der Waals surface area contributed by atoms with Crippen LogP contribution in [0.2, 0.25) is 5.02 Å². The average Bonchev–Trinajstić information content (AvgIpc) is 3.20. The van der Waals surface area contributed by atoms with Gasteiger partial charge in [-0.2, -0.15) is 5.10 Å². The van der Waals surface area contributed by atoms with Crippen molar-refractivity contribution in [2.75, 3.05) is 5.32 Å². The monoisotopic (exact) mass is 445 g/mol. The molecule has 2 aromatic heterocycles. The lowest BCUT2D eigenvalue weighted by molar-refractivity contribution is -0.136. The van der Waals surface area contributed by atoms with Gasteiger partial charge in [-0.25, -0.2) is 13.1 Å². The number of carbonyl (C=O) groups is 2. The van der Waals surface area contributed by atoms with Gasteiger partial charge in [0, 0.05) is 16.8 Å². The van der Waals surface area contributed by atoms with Crippen LogP contribution < -0.4 is 10.6 Å². The van der Waals surface area contributed by atoms with Crippen LogP contribution in [0.4, 0.5) is 5.82 Å². The van der Waals surface area contributed by atoms with Gasteiger partial charge < -0.3 is 10.6 Å². The number of fused-ring (bicyclic) bond motifs is 1. The third-order valence-corrected chi connectivity index (χ3v) is 6.15. The lowest BCUT2D eigenvalue weighted by Gasteiger charge is -2.11. The molecule has 3 heterocycles. The van der Waals surface area contributed by atoms with E-state index in [1.54, 1.807) is 48.7 Å². The molecule has 0 bridgehead atoms. The Balaban J connectivity index is 1.58. The van der Waals surface area contributed by atoms with Gasteiger partial charge in [-0.05, 0) is 36.4 Å². The first kappa shape index (κ1) is 20.0. The first-order valence-corrected chi connectivity index (χ1v) is 11.1. The first-order valence-electron chi connectivity index (χ1n) is 8.88. The number of carbonyl (C=O) groups excluding carboxylic acids is 2. The van der Waals surface area contributed by atoms with E-state index in [-0.39, 0.29) is 23.9 Å². The van der Waals surface area contributed by atoms with E-state index in [1.165, 1.54) is 4.68 Å². The van der Waals surface area contributed by atoms with E-state index in [0.29, 0.717) is 27.7 Å². The molecule has 4 rings (SSSR count). The lowest BCUT2D eigenvalue weighted by Crippen LogP contribution is -2.35. The summed E-state index contributed by atoms with van der Waals surface area (Å²) in [6, 6.07) is 11.9. The molecule has 0 saturated heterocycles. The highest BCUT2D eigenvalue weighted by Crippen LogP contribution is 2.33. The van der Waals surface area contributed by atoms with Crippen molar-refractivity contribution < 1.29 is 18.0 Å². The molecule has 1 aromatic carbocycles. The van der Waals surface area contributed by atoms with Crippen molar-refractivity contribution in [3.63, 3.8) is 0 Å². The van der Waals surface area contributed by atoms with Crippen LogP contribution >= 0.6 is 11.6 Å². The standard InChI is InChI=1S/C19H16ClN5O4S/c20-12-4-6-14(7-5-12)25-17(15-10-30(28,29)11-16(15)24-25)23-19(27)18(26)22-9-13-3-1-2-8-21-13/h1-8H,9-11H2,(H,22,26)(H,23,27). The van der Waals surface area contributed by atoms with Gasteiger partial charge >= 0.3 is 11.8 Å². The Kier molecular flexibility index (Phi) is 5.27. The molecule has 2 amide bonds. The fourth-order valence-corrected chi connectivity index (χ4v) is 4.68. The minimum Gasteiger partial charge on any atom is -0.342 e. The number of rotatable bonds is 4. The molecule has 1 aliphatic rings. The molecule has 0 atom stereocenters. The number of nitrogens with one attached hydrogen (secondary N) is 2. The number of halogens is 1. The smallest absolute Gasteiger partial charge is 0.314 e. The van der Waals surface area contributed by atoms with Gasteiger partial charge in [0.1, 0.15) is 5.82 Å². The van der Waals surface area contributed by atoms with Gasteiger partial charge in [-0.1, -0.05) is 17.7 Å². The molecule has 30 heavy (non-hydrogen) atoms. The quantitative estimate of drug-likeness (QED) is 0.588. The van der Waals surface area contributed by atoms with E-state index in [9.17, 15) is 18.0 Å². The summed E-state index contributed by atoms with van der Waals surface area (Å²) in [5.41, 5.74) is 1.87. The molecule has 1 aliphatic heterocycles. The highest BCUT2D eigenvalue weighted by atomic mass is 35.5. The van der Waals surface area contributed by atoms with E-state index in [1.807, 2.05) is 0 Å². The lowest BCUT2D eigenvalue weighted by atomic mass is 10.2. The number of benzene rings is 1. The number of sulfone groups is 1. The normalized spacial score (nSPS) is 14.2. The van der Waals surface area contributed by atoms with Crippen LogP contribution in [0.25, 0.3) is 5.69 Å². The van der Waals surface area contributed by atoms with Crippen molar-refractivity contribution in [1.29, 1.82) is 0 Å². The van der Waals surface area contributed by atoms with Crippen LogP contribution in [-0.4, -0.2) is 35.0 Å². The molecule has 9 nitrogen and oxygen atoms in total. The van der Waals surface area contributed by atoms with Crippen molar-refractivity contribution >= 4 is 39.1 Å². The predicted molar refractivity (Wildman–Crippen MR) is 110 cm³/mol. The molecule has 0 radical (unpaired) electrons. The zero-order chi connectivity index (χ0) is 21.3. The SMILES string of the molecule is O=C(NCc1ccccn1)C(=O)Nc1c2c(nn1-c1ccc(Cl)cc1)CS(=O)(=O)C2. The van der Waals surface area contributed by atoms with E-state index in [0.717, 1.165) is 0 Å². The Morgan fingerprint density at radius 3 is 2.53 bits per heavy atom. The molecule has 0 aliphatic carbocycles. The van der Waals surface area contributed by atoms with Crippen molar-refractivity contribution in [3.05, 3.63) is 70.6 Å². The second-order valence-electron chi connectivity index (χ2n) is 6.65. The first-order chi connectivity index (χ1) is 14.3. The zero-order valence-corrected chi connectivity index (χ0v) is 17.1. The third kappa shape index (κ3) is 4.19. The maximum absolute atomic E-state index is 12.5. The fourth-order valence-electron chi connectivity index (χ4n) is 3.06. The minimum atomic E-state index is -3.35. The number of hydrogen-bond acceptors (Lipinski definition) is 6. The van der Waals surface area contributed by atoms with Crippen molar-refractivity contribution in [3.8, 4) is 5.69 Å². The number of anilines is 1. The molecular formula is C19H16ClN5O4S. The summed E-state index contributed by atoms with van der Waals surface area (Å²) in [4.78, 5) is 28.8. The Morgan fingerprint density at radius 2 is 1.83 bits per heavy atom. The highest BCUT2D eigenvalue weighted by Gasteiger charge is 2.33. The Labute approximate surface area is 177 Å². The van der Waals surface area contributed by atoms with E-state index >= 15 is 0 Å². The summed E-state index contributed by atoms with van der Waals surface area (Å²) in [6.45, 7) is 0.0794. The topological polar surface area (TPSA) is 123 Å². The van der Waals surface area contributed by atoms with Crippen molar-refractivity contribution in [2.45, 2.75) is 18.1 Å². The maximum Gasteiger partial charge on any atom is 0.314 e. The van der Waals surface area contributed by atoms with Crippen molar-refractivity contribution in [2.24, 2.45) is 0 Å². The predicted octanol–water partition coefficient (Wildman–Crippen LogP) is 1.60. The van der Waals surface area contributed by atoms with Crippen molar-refractivity contribution in [1.82, 2.24) is 20.1 Å². The van der Waals surface area contributed by atoms with Gasteiger partial charge in [0.15, 0.2) is 9.84 Å². The second kappa shape index (κ2) is 7.88. The molecule has 0 unspecified atom stereocenters. The molecule has 11 heteroatoms. The highest BCUT2D eigenvalue weighted by molar-refractivity contribution is 7.90. The molecule has 0 fully saturated rings. The molecule has 3 aromatic rings. The van der Waals surface area contributed by atoms with Gasteiger partial charge in [0.25, 0.3) is 0 Å². The summed E-state index contributed by atoms with van der Waals surface area (Å²) in [6.07, 6.45) is 1.58. The number of aromatic nitrogens is 3. The Morgan fingerprint density at radius 1 is 1.07 bits per heavy atom. The molecule has 0 spiro atoms. The number of pyridine rings is 1. The van der Waals surface area contributed by atoms with Gasteiger partial charge in [0.2, 0.25) is 0 Å². The Hall–Kier alpha value is -3.24. The number of hydrogen-bond donors (Lipinski definition) is 2. The minimum absolute atomic E-state index is 0.0794.